The Bertz CT molecular complexity index is 591. The highest BCUT2D eigenvalue weighted by molar-refractivity contribution is 5.89. The predicted molar refractivity (Wildman–Crippen MR) is 75.2 cm³/mol. The Hall–Kier alpha value is -1.78. The number of hydrogen-bond donors (Lipinski definition) is 2. The summed E-state index contributed by atoms with van der Waals surface area (Å²) in [6.07, 6.45) is 3.13. The third-order valence-electron chi connectivity index (χ3n) is 6.38. The van der Waals surface area contributed by atoms with Crippen LogP contribution in [-0.2, 0) is 16.1 Å². The van der Waals surface area contributed by atoms with Crippen molar-refractivity contribution in [3.05, 3.63) is 24.2 Å². The van der Waals surface area contributed by atoms with Crippen LogP contribution in [0.3, 0.4) is 0 Å². The molecular formula is C16H21NO4. The fraction of sp³-hybridized carbons (Fsp3) is 0.625. The molecule has 0 saturated heterocycles. The Morgan fingerprint density at radius 2 is 2.14 bits per heavy atom. The molecule has 5 nitrogen and oxygen atoms in total. The first kappa shape index (κ1) is 14.2. The first-order valence-corrected chi connectivity index (χ1v) is 7.32. The zero-order valence-electron chi connectivity index (χ0n) is 12.6. The summed E-state index contributed by atoms with van der Waals surface area (Å²) in [5.74, 6) is -0.372. The lowest BCUT2D eigenvalue weighted by Gasteiger charge is -2.40. The fourth-order valence-corrected chi connectivity index (χ4v) is 4.68. The maximum absolute atomic E-state index is 12.4. The Labute approximate surface area is 123 Å². The Morgan fingerprint density at radius 1 is 1.43 bits per heavy atom. The van der Waals surface area contributed by atoms with E-state index in [1.54, 1.807) is 25.3 Å². The second-order valence-corrected chi connectivity index (χ2v) is 6.91. The van der Waals surface area contributed by atoms with Gasteiger partial charge in [0, 0.05) is 11.3 Å². The SMILES string of the molecule is CC1(C)[C@](C)(C(=O)O)[C@@]12CC[C@H]2C(=O)NCc1ccco1. The number of carboxylic acid groups (broad SMARTS) is 1. The molecule has 21 heavy (non-hydrogen) atoms. The summed E-state index contributed by atoms with van der Waals surface area (Å²) >= 11 is 0. The van der Waals surface area contributed by atoms with E-state index in [0.29, 0.717) is 12.3 Å². The molecule has 2 fully saturated rings. The number of hydrogen-bond acceptors (Lipinski definition) is 3. The molecule has 1 aromatic rings. The van der Waals surface area contributed by atoms with E-state index in [0.717, 1.165) is 12.8 Å². The molecule has 0 aliphatic heterocycles. The standard InChI is InChI=1S/C16H21NO4/c1-14(2)15(3,13(19)20)16(14)7-6-11(16)12(18)17-9-10-5-4-8-21-10/h4-5,8,11H,6-7,9H2,1-3H3,(H,17,18)(H,19,20)/t11-,15-,16+/m0/s1. The van der Waals surface area contributed by atoms with Crippen molar-refractivity contribution >= 4 is 11.9 Å². The van der Waals surface area contributed by atoms with E-state index in [9.17, 15) is 14.7 Å². The largest absolute Gasteiger partial charge is 0.481 e. The van der Waals surface area contributed by atoms with Crippen molar-refractivity contribution in [2.24, 2.45) is 22.2 Å². The minimum absolute atomic E-state index is 0.0595. The maximum atomic E-state index is 12.4. The number of rotatable bonds is 4. The van der Waals surface area contributed by atoms with Crippen LogP contribution in [0.5, 0.6) is 0 Å². The van der Waals surface area contributed by atoms with Gasteiger partial charge in [-0.1, -0.05) is 13.8 Å². The minimum Gasteiger partial charge on any atom is -0.481 e. The molecule has 1 aromatic heterocycles. The summed E-state index contributed by atoms with van der Waals surface area (Å²) in [4.78, 5) is 24.1. The zero-order chi connectivity index (χ0) is 15.5. The third kappa shape index (κ3) is 1.46. The number of carboxylic acids is 1. The number of aliphatic carboxylic acids is 1. The monoisotopic (exact) mass is 291 g/mol. The number of furan rings is 1. The van der Waals surface area contributed by atoms with Crippen LogP contribution in [0.4, 0.5) is 0 Å². The molecule has 1 spiro atoms. The molecule has 2 aliphatic carbocycles. The van der Waals surface area contributed by atoms with Crippen molar-refractivity contribution in [3.63, 3.8) is 0 Å². The molecule has 3 atom stereocenters. The lowest BCUT2D eigenvalue weighted by Crippen LogP contribution is -2.46. The third-order valence-corrected chi connectivity index (χ3v) is 6.38. The summed E-state index contributed by atoms with van der Waals surface area (Å²) in [5, 5.41) is 12.5. The molecule has 3 rings (SSSR count). The van der Waals surface area contributed by atoms with Gasteiger partial charge in [-0.05, 0) is 37.3 Å². The van der Waals surface area contributed by atoms with Crippen molar-refractivity contribution in [3.8, 4) is 0 Å². The highest BCUT2D eigenvalue weighted by Gasteiger charge is 2.88. The molecule has 0 bridgehead atoms. The van der Waals surface area contributed by atoms with E-state index in [4.69, 9.17) is 4.42 Å². The van der Waals surface area contributed by atoms with Crippen molar-refractivity contribution in [1.82, 2.24) is 5.32 Å². The molecule has 2 aliphatic rings. The van der Waals surface area contributed by atoms with E-state index in [1.165, 1.54) is 0 Å². The van der Waals surface area contributed by atoms with Gasteiger partial charge in [0.05, 0.1) is 18.2 Å². The number of carbonyl (C=O) groups is 2. The maximum Gasteiger partial charge on any atom is 0.310 e. The molecule has 1 heterocycles. The summed E-state index contributed by atoms with van der Waals surface area (Å²) in [6.45, 7) is 6.06. The summed E-state index contributed by atoms with van der Waals surface area (Å²) in [7, 11) is 0. The van der Waals surface area contributed by atoms with Crippen molar-refractivity contribution in [1.29, 1.82) is 0 Å². The van der Waals surface area contributed by atoms with Crippen LogP contribution < -0.4 is 5.32 Å². The smallest absolute Gasteiger partial charge is 0.310 e. The van der Waals surface area contributed by atoms with E-state index in [-0.39, 0.29) is 17.2 Å². The van der Waals surface area contributed by atoms with E-state index >= 15 is 0 Å². The van der Waals surface area contributed by atoms with Crippen LogP contribution in [0.25, 0.3) is 0 Å². The number of nitrogens with one attached hydrogen (secondary N) is 1. The van der Waals surface area contributed by atoms with Crippen LogP contribution in [0.1, 0.15) is 39.4 Å². The van der Waals surface area contributed by atoms with E-state index in [1.807, 2.05) is 13.8 Å². The number of carbonyl (C=O) groups excluding carboxylic acids is 1. The molecule has 5 heteroatoms. The second kappa shape index (κ2) is 4.12. The minimum atomic E-state index is -0.815. The Morgan fingerprint density at radius 3 is 2.57 bits per heavy atom. The Balaban J connectivity index is 1.73. The highest BCUT2D eigenvalue weighted by atomic mass is 16.4. The van der Waals surface area contributed by atoms with Crippen molar-refractivity contribution < 1.29 is 19.1 Å². The van der Waals surface area contributed by atoms with Crippen molar-refractivity contribution in [2.45, 2.75) is 40.2 Å². The predicted octanol–water partition coefficient (Wildman–Crippen LogP) is 2.42. The topological polar surface area (TPSA) is 79.5 Å². The van der Waals surface area contributed by atoms with Crippen LogP contribution in [-0.4, -0.2) is 17.0 Å². The van der Waals surface area contributed by atoms with Crippen LogP contribution in [0.15, 0.2) is 22.8 Å². The summed E-state index contributed by atoms with van der Waals surface area (Å²) in [5.41, 5.74) is -1.57. The van der Waals surface area contributed by atoms with Gasteiger partial charge in [0.2, 0.25) is 5.91 Å². The molecular weight excluding hydrogens is 270 g/mol. The number of amides is 1. The summed E-state index contributed by atoms with van der Waals surface area (Å²) in [6, 6.07) is 3.58. The molecule has 0 aromatic carbocycles. The van der Waals surface area contributed by atoms with Gasteiger partial charge in [-0.25, -0.2) is 0 Å². The van der Waals surface area contributed by atoms with E-state index < -0.39 is 16.8 Å². The Kier molecular flexibility index (Phi) is 2.78. The van der Waals surface area contributed by atoms with Gasteiger partial charge < -0.3 is 14.8 Å². The lowest BCUT2D eigenvalue weighted by molar-refractivity contribution is -0.148. The fourth-order valence-electron chi connectivity index (χ4n) is 4.68. The van der Waals surface area contributed by atoms with Gasteiger partial charge in [-0.3, -0.25) is 9.59 Å². The molecule has 114 valence electrons. The first-order valence-electron chi connectivity index (χ1n) is 7.32. The average molecular weight is 291 g/mol. The van der Waals surface area contributed by atoms with Crippen LogP contribution >= 0.6 is 0 Å². The normalized spacial score (nSPS) is 36.0. The molecule has 1 amide bonds. The van der Waals surface area contributed by atoms with Gasteiger partial charge in [-0.15, -0.1) is 0 Å². The lowest BCUT2D eigenvalue weighted by atomic mass is 9.63. The molecule has 2 N–H and O–H groups in total. The molecule has 0 unspecified atom stereocenters. The quantitative estimate of drug-likeness (QED) is 0.893. The van der Waals surface area contributed by atoms with Crippen LogP contribution in [0, 0.1) is 22.2 Å². The van der Waals surface area contributed by atoms with E-state index in [2.05, 4.69) is 5.32 Å². The van der Waals surface area contributed by atoms with Crippen molar-refractivity contribution in [2.75, 3.05) is 0 Å². The summed E-state index contributed by atoms with van der Waals surface area (Å²) < 4.78 is 5.19. The van der Waals surface area contributed by atoms with Gasteiger partial charge in [0.15, 0.2) is 0 Å². The van der Waals surface area contributed by atoms with Gasteiger partial charge >= 0.3 is 5.97 Å². The second-order valence-electron chi connectivity index (χ2n) is 6.91. The molecule has 0 radical (unpaired) electrons. The zero-order valence-corrected chi connectivity index (χ0v) is 12.6. The van der Waals surface area contributed by atoms with Gasteiger partial charge in [0.25, 0.3) is 0 Å². The average Bonchev–Trinajstić information content (AvgIpc) is 2.73. The van der Waals surface area contributed by atoms with Gasteiger partial charge in [-0.2, -0.15) is 0 Å². The first-order chi connectivity index (χ1) is 9.79. The molecule has 2 saturated carbocycles. The van der Waals surface area contributed by atoms with Gasteiger partial charge in [0.1, 0.15) is 5.76 Å². The van der Waals surface area contributed by atoms with Crippen LogP contribution in [0.2, 0.25) is 0 Å². The highest BCUT2D eigenvalue weighted by Crippen LogP contribution is 2.87.